The number of hydrogen-bond donors (Lipinski definition) is 1. The van der Waals surface area contributed by atoms with Crippen LogP contribution in [0, 0.1) is 16.0 Å². The second kappa shape index (κ2) is 6.21. The highest BCUT2D eigenvalue weighted by Gasteiger charge is 2.29. The Morgan fingerprint density at radius 1 is 1.38 bits per heavy atom. The summed E-state index contributed by atoms with van der Waals surface area (Å²) in [7, 11) is -3.60. The van der Waals surface area contributed by atoms with E-state index in [2.05, 4.69) is 0 Å². The lowest BCUT2D eigenvalue weighted by molar-refractivity contribution is -0.385. The van der Waals surface area contributed by atoms with Gasteiger partial charge in [-0.1, -0.05) is 19.9 Å². The molecule has 1 unspecified atom stereocenters. The minimum absolute atomic E-state index is 0.0219. The standard InChI is InChI=1S/C13H17NO6S/c1-8(2)6-11(13(15)16)10-5-4-9(21(3,19)20)7-12(10)14(17)18/h4-5,7-8,11H,6H2,1-3H3,(H,15,16). The van der Waals surface area contributed by atoms with Crippen LogP contribution in [0.25, 0.3) is 0 Å². The molecule has 0 aliphatic carbocycles. The quantitative estimate of drug-likeness (QED) is 0.635. The zero-order chi connectivity index (χ0) is 16.4. The molecular weight excluding hydrogens is 298 g/mol. The fourth-order valence-electron chi connectivity index (χ4n) is 2.04. The van der Waals surface area contributed by atoms with E-state index in [4.69, 9.17) is 0 Å². The van der Waals surface area contributed by atoms with E-state index in [1.54, 1.807) is 0 Å². The van der Waals surface area contributed by atoms with E-state index in [0.29, 0.717) is 0 Å². The summed E-state index contributed by atoms with van der Waals surface area (Å²) in [6.45, 7) is 3.62. The van der Waals surface area contributed by atoms with Gasteiger partial charge in [0.2, 0.25) is 0 Å². The zero-order valence-electron chi connectivity index (χ0n) is 11.9. The van der Waals surface area contributed by atoms with Gasteiger partial charge in [0.15, 0.2) is 9.84 Å². The molecule has 0 bridgehead atoms. The van der Waals surface area contributed by atoms with Crippen molar-refractivity contribution in [2.45, 2.75) is 31.1 Å². The average molecular weight is 315 g/mol. The normalized spacial score (nSPS) is 13.1. The SMILES string of the molecule is CC(C)CC(C(=O)O)c1ccc(S(C)(=O)=O)cc1[N+](=O)[O-]. The van der Waals surface area contributed by atoms with Crippen LogP contribution >= 0.6 is 0 Å². The predicted molar refractivity (Wildman–Crippen MR) is 76.0 cm³/mol. The second-order valence-corrected chi connectivity index (χ2v) is 7.29. The number of carboxylic acid groups (broad SMARTS) is 1. The number of nitrogens with zero attached hydrogens (tertiary/aromatic N) is 1. The summed E-state index contributed by atoms with van der Waals surface area (Å²) >= 11 is 0. The fraction of sp³-hybridized carbons (Fsp3) is 0.462. The Morgan fingerprint density at radius 2 is 1.95 bits per heavy atom. The molecule has 1 rings (SSSR count). The molecule has 0 heterocycles. The molecule has 1 N–H and O–H groups in total. The van der Waals surface area contributed by atoms with Gasteiger partial charge in [-0.05, 0) is 18.4 Å². The summed E-state index contributed by atoms with van der Waals surface area (Å²) < 4.78 is 22.9. The van der Waals surface area contributed by atoms with Gasteiger partial charge in [0.25, 0.3) is 5.69 Å². The molecule has 0 aliphatic heterocycles. The van der Waals surface area contributed by atoms with Crippen LogP contribution in [-0.4, -0.2) is 30.7 Å². The first-order chi connectivity index (χ1) is 9.54. The van der Waals surface area contributed by atoms with Crippen LogP contribution in [-0.2, 0) is 14.6 Å². The highest BCUT2D eigenvalue weighted by molar-refractivity contribution is 7.90. The molecule has 21 heavy (non-hydrogen) atoms. The first-order valence-electron chi connectivity index (χ1n) is 6.25. The lowest BCUT2D eigenvalue weighted by Crippen LogP contribution is -2.16. The molecule has 0 spiro atoms. The Balaban J connectivity index is 3.47. The molecule has 0 radical (unpaired) electrons. The molecule has 0 aliphatic rings. The highest BCUT2D eigenvalue weighted by atomic mass is 32.2. The number of rotatable bonds is 6. The number of sulfone groups is 1. The molecule has 1 atom stereocenters. The van der Waals surface area contributed by atoms with Crippen LogP contribution in [0.5, 0.6) is 0 Å². The second-order valence-electron chi connectivity index (χ2n) is 5.27. The largest absolute Gasteiger partial charge is 0.481 e. The van der Waals surface area contributed by atoms with Crippen LogP contribution in [0.4, 0.5) is 5.69 Å². The maximum Gasteiger partial charge on any atom is 0.311 e. The van der Waals surface area contributed by atoms with Crippen LogP contribution in [0.3, 0.4) is 0 Å². The number of carboxylic acids is 1. The van der Waals surface area contributed by atoms with Gasteiger partial charge in [-0.3, -0.25) is 14.9 Å². The van der Waals surface area contributed by atoms with E-state index in [-0.39, 0.29) is 22.8 Å². The molecule has 0 aromatic heterocycles. The molecule has 1 aromatic rings. The smallest absolute Gasteiger partial charge is 0.311 e. The monoisotopic (exact) mass is 315 g/mol. The van der Waals surface area contributed by atoms with Crippen LogP contribution in [0.15, 0.2) is 23.1 Å². The lowest BCUT2D eigenvalue weighted by atomic mass is 9.89. The van der Waals surface area contributed by atoms with Crippen molar-refractivity contribution < 1.29 is 23.2 Å². The third-order valence-corrected chi connectivity index (χ3v) is 4.12. The molecule has 0 amide bonds. The third kappa shape index (κ3) is 4.25. The van der Waals surface area contributed by atoms with E-state index in [0.717, 1.165) is 12.3 Å². The highest BCUT2D eigenvalue weighted by Crippen LogP contribution is 2.33. The number of aliphatic carboxylic acids is 1. The summed E-state index contributed by atoms with van der Waals surface area (Å²) in [5.74, 6) is -2.18. The Hall–Kier alpha value is -1.96. The van der Waals surface area contributed by atoms with Gasteiger partial charge < -0.3 is 5.11 Å². The molecule has 0 saturated heterocycles. The van der Waals surface area contributed by atoms with Gasteiger partial charge in [-0.25, -0.2) is 8.42 Å². The van der Waals surface area contributed by atoms with Crippen molar-refractivity contribution in [3.8, 4) is 0 Å². The fourth-order valence-corrected chi connectivity index (χ4v) is 2.68. The Morgan fingerprint density at radius 3 is 2.33 bits per heavy atom. The van der Waals surface area contributed by atoms with E-state index >= 15 is 0 Å². The van der Waals surface area contributed by atoms with Crippen LogP contribution in [0.1, 0.15) is 31.7 Å². The van der Waals surface area contributed by atoms with E-state index < -0.39 is 32.3 Å². The summed E-state index contributed by atoms with van der Waals surface area (Å²) in [4.78, 5) is 21.5. The van der Waals surface area contributed by atoms with Gasteiger partial charge in [0, 0.05) is 17.9 Å². The first kappa shape index (κ1) is 17.1. The number of benzene rings is 1. The third-order valence-electron chi connectivity index (χ3n) is 3.01. The van der Waals surface area contributed by atoms with E-state index in [1.807, 2.05) is 13.8 Å². The molecule has 1 aromatic carbocycles. The summed E-state index contributed by atoms with van der Waals surface area (Å²) in [6.07, 6.45) is 1.17. The molecule has 7 nitrogen and oxygen atoms in total. The summed E-state index contributed by atoms with van der Waals surface area (Å²) in [5.41, 5.74) is -0.459. The van der Waals surface area contributed by atoms with Crippen molar-refractivity contribution >= 4 is 21.5 Å². The number of nitro benzene ring substituents is 1. The van der Waals surface area contributed by atoms with Crippen molar-refractivity contribution in [2.24, 2.45) is 5.92 Å². The van der Waals surface area contributed by atoms with Crippen LogP contribution < -0.4 is 0 Å². The summed E-state index contributed by atoms with van der Waals surface area (Å²) in [6, 6.07) is 3.34. The average Bonchev–Trinajstić information content (AvgIpc) is 2.33. The van der Waals surface area contributed by atoms with Gasteiger partial charge in [-0.15, -0.1) is 0 Å². The number of hydrogen-bond acceptors (Lipinski definition) is 5. The van der Waals surface area contributed by atoms with Gasteiger partial charge >= 0.3 is 5.97 Å². The molecule has 8 heteroatoms. The molecular formula is C13H17NO6S. The Labute approximate surface area is 122 Å². The van der Waals surface area contributed by atoms with Crippen LogP contribution in [0.2, 0.25) is 0 Å². The maximum absolute atomic E-state index is 11.5. The van der Waals surface area contributed by atoms with Crippen molar-refractivity contribution in [3.63, 3.8) is 0 Å². The first-order valence-corrected chi connectivity index (χ1v) is 8.14. The van der Waals surface area contributed by atoms with Crippen molar-refractivity contribution in [1.82, 2.24) is 0 Å². The van der Waals surface area contributed by atoms with Gasteiger partial charge in [0.1, 0.15) is 0 Å². The minimum Gasteiger partial charge on any atom is -0.481 e. The van der Waals surface area contributed by atoms with E-state index in [1.165, 1.54) is 12.1 Å². The van der Waals surface area contributed by atoms with Crippen molar-refractivity contribution in [2.75, 3.05) is 6.26 Å². The number of nitro groups is 1. The van der Waals surface area contributed by atoms with Crippen molar-refractivity contribution in [3.05, 3.63) is 33.9 Å². The lowest BCUT2D eigenvalue weighted by Gasteiger charge is -2.15. The maximum atomic E-state index is 11.5. The molecule has 0 saturated carbocycles. The molecule has 116 valence electrons. The minimum atomic E-state index is -3.60. The Bertz CT molecular complexity index is 665. The summed E-state index contributed by atoms with van der Waals surface area (Å²) in [5, 5.41) is 20.4. The van der Waals surface area contributed by atoms with Crippen molar-refractivity contribution in [1.29, 1.82) is 0 Å². The van der Waals surface area contributed by atoms with E-state index in [9.17, 15) is 28.4 Å². The van der Waals surface area contributed by atoms with Gasteiger partial charge in [0.05, 0.1) is 15.7 Å². The Kier molecular flexibility index (Phi) is 5.06. The zero-order valence-corrected chi connectivity index (χ0v) is 12.8. The predicted octanol–water partition coefficient (Wildman–Crippen LogP) is 2.21. The molecule has 0 fully saturated rings. The van der Waals surface area contributed by atoms with Gasteiger partial charge in [-0.2, -0.15) is 0 Å². The topological polar surface area (TPSA) is 115 Å². The number of carbonyl (C=O) groups is 1.